The molecule has 1 amide bonds. The molecule has 0 unspecified atom stereocenters. The van der Waals surface area contributed by atoms with Crippen LogP contribution >= 0.6 is 12.4 Å². The van der Waals surface area contributed by atoms with E-state index in [4.69, 9.17) is 9.47 Å². The number of nitrogens with zero attached hydrogens (tertiary/aromatic N) is 2. The number of Topliss-reactive ketones (excluding diaryl/α,β-unsaturated/α-hetero) is 1. The monoisotopic (exact) mass is 424 g/mol. The van der Waals surface area contributed by atoms with Gasteiger partial charge in [-0.15, -0.1) is 12.4 Å². The average Bonchev–Trinajstić information content (AvgIpc) is 3.15. The van der Waals surface area contributed by atoms with Crippen LogP contribution in [0.3, 0.4) is 0 Å². The molecule has 0 bridgehead atoms. The van der Waals surface area contributed by atoms with Gasteiger partial charge in [-0.25, -0.2) is 0 Å². The molecule has 29 heavy (non-hydrogen) atoms. The molecule has 1 aliphatic heterocycles. The summed E-state index contributed by atoms with van der Waals surface area (Å²) in [6.45, 7) is 3.62. The van der Waals surface area contributed by atoms with Crippen molar-refractivity contribution >= 4 is 24.1 Å². The van der Waals surface area contributed by atoms with Gasteiger partial charge in [0.15, 0.2) is 17.3 Å². The molecule has 7 heteroatoms. The van der Waals surface area contributed by atoms with Gasteiger partial charge >= 0.3 is 0 Å². The largest absolute Gasteiger partial charge is 0.493 e. The van der Waals surface area contributed by atoms with Crippen LogP contribution in [-0.2, 0) is 4.79 Å². The third-order valence-electron chi connectivity index (χ3n) is 6.00. The Morgan fingerprint density at radius 1 is 0.931 bits per heavy atom. The van der Waals surface area contributed by atoms with E-state index < -0.39 is 0 Å². The standard InChI is InChI=1S/C22H32N2O4.ClH/c1-27-20-10-8-17(16-21(20)28-2)19(25)9-11-22(26)24-13-5-12-23(14-15-24)18-6-3-4-7-18;/h8,10,16,18H,3-7,9,11-15H2,1-2H3;1H. The molecule has 2 fully saturated rings. The van der Waals surface area contributed by atoms with E-state index in [0.717, 1.165) is 32.6 Å². The first kappa shape index (κ1) is 23.5. The Kier molecular flexibility index (Phi) is 9.24. The highest BCUT2D eigenvalue weighted by atomic mass is 35.5. The van der Waals surface area contributed by atoms with E-state index in [1.54, 1.807) is 32.4 Å². The summed E-state index contributed by atoms with van der Waals surface area (Å²) >= 11 is 0. The lowest BCUT2D eigenvalue weighted by Crippen LogP contribution is -2.38. The maximum absolute atomic E-state index is 12.6. The lowest BCUT2D eigenvalue weighted by molar-refractivity contribution is -0.131. The number of hydrogen-bond donors (Lipinski definition) is 0. The predicted octanol–water partition coefficient (Wildman–Crippen LogP) is 3.57. The van der Waals surface area contributed by atoms with Crippen molar-refractivity contribution in [2.45, 2.75) is 51.0 Å². The van der Waals surface area contributed by atoms with Gasteiger partial charge in [0, 0.05) is 50.6 Å². The molecule has 1 aromatic rings. The first-order chi connectivity index (χ1) is 13.6. The molecule has 6 nitrogen and oxygen atoms in total. The van der Waals surface area contributed by atoms with E-state index in [1.165, 1.54) is 25.7 Å². The number of carbonyl (C=O) groups excluding carboxylic acids is 2. The molecule has 0 radical (unpaired) electrons. The summed E-state index contributed by atoms with van der Waals surface area (Å²) in [6.07, 6.45) is 6.77. The first-order valence-corrected chi connectivity index (χ1v) is 10.4. The summed E-state index contributed by atoms with van der Waals surface area (Å²) in [5, 5.41) is 0. The second-order valence-electron chi connectivity index (χ2n) is 7.70. The summed E-state index contributed by atoms with van der Waals surface area (Å²) in [4.78, 5) is 29.7. The number of ether oxygens (including phenoxy) is 2. The summed E-state index contributed by atoms with van der Waals surface area (Å²) in [6, 6.07) is 5.83. The van der Waals surface area contributed by atoms with Gasteiger partial charge in [-0.2, -0.15) is 0 Å². The quantitative estimate of drug-likeness (QED) is 0.626. The van der Waals surface area contributed by atoms with Crippen molar-refractivity contribution < 1.29 is 19.1 Å². The van der Waals surface area contributed by atoms with Gasteiger partial charge in [-0.1, -0.05) is 12.8 Å². The summed E-state index contributed by atoms with van der Waals surface area (Å²) in [5.74, 6) is 1.16. The number of ketones is 1. The number of benzene rings is 1. The van der Waals surface area contributed by atoms with Crippen LogP contribution in [-0.4, -0.2) is 67.9 Å². The number of rotatable bonds is 7. The van der Waals surface area contributed by atoms with Gasteiger partial charge in [0.25, 0.3) is 0 Å². The van der Waals surface area contributed by atoms with Crippen molar-refractivity contribution in [1.82, 2.24) is 9.80 Å². The first-order valence-electron chi connectivity index (χ1n) is 10.4. The van der Waals surface area contributed by atoms with E-state index in [2.05, 4.69) is 4.90 Å². The van der Waals surface area contributed by atoms with E-state index in [0.29, 0.717) is 23.1 Å². The molecule has 1 aliphatic carbocycles. The molecule has 0 atom stereocenters. The minimum absolute atomic E-state index is 0. The smallest absolute Gasteiger partial charge is 0.223 e. The fourth-order valence-electron chi connectivity index (χ4n) is 4.35. The Hall–Kier alpha value is -1.79. The molecule has 2 aliphatic rings. The summed E-state index contributed by atoms with van der Waals surface area (Å²) < 4.78 is 10.5. The van der Waals surface area contributed by atoms with Crippen LogP contribution < -0.4 is 9.47 Å². The molecule has 0 spiro atoms. The molecular formula is C22H33ClN2O4. The minimum Gasteiger partial charge on any atom is -0.493 e. The van der Waals surface area contributed by atoms with E-state index in [1.807, 2.05) is 4.90 Å². The lowest BCUT2D eigenvalue weighted by atomic mass is 10.1. The Morgan fingerprint density at radius 3 is 2.34 bits per heavy atom. The zero-order valence-corrected chi connectivity index (χ0v) is 18.3. The van der Waals surface area contributed by atoms with Gasteiger partial charge in [0.05, 0.1) is 14.2 Å². The van der Waals surface area contributed by atoms with E-state index >= 15 is 0 Å². The van der Waals surface area contributed by atoms with Crippen molar-refractivity contribution in [3.63, 3.8) is 0 Å². The Morgan fingerprint density at radius 2 is 1.66 bits per heavy atom. The Bertz CT molecular complexity index is 691. The molecule has 1 aromatic carbocycles. The van der Waals surface area contributed by atoms with Crippen LogP contribution in [0, 0.1) is 0 Å². The van der Waals surface area contributed by atoms with Crippen molar-refractivity contribution in [1.29, 1.82) is 0 Å². The SMILES string of the molecule is COc1ccc(C(=O)CCC(=O)N2CCCN(C3CCCC3)CC2)cc1OC.Cl. The highest BCUT2D eigenvalue weighted by Gasteiger charge is 2.26. The van der Waals surface area contributed by atoms with Crippen LogP contribution in [0.15, 0.2) is 18.2 Å². The van der Waals surface area contributed by atoms with Crippen molar-refractivity contribution in [3.05, 3.63) is 23.8 Å². The minimum atomic E-state index is -0.0447. The third-order valence-corrected chi connectivity index (χ3v) is 6.00. The molecule has 1 saturated heterocycles. The third kappa shape index (κ3) is 6.09. The van der Waals surface area contributed by atoms with Crippen LogP contribution in [0.25, 0.3) is 0 Å². The van der Waals surface area contributed by atoms with Gasteiger partial charge in [0.1, 0.15) is 0 Å². The maximum Gasteiger partial charge on any atom is 0.223 e. The molecule has 162 valence electrons. The Balaban J connectivity index is 0.00000300. The lowest BCUT2D eigenvalue weighted by Gasteiger charge is -2.27. The van der Waals surface area contributed by atoms with Crippen LogP contribution in [0.4, 0.5) is 0 Å². The fourth-order valence-corrected chi connectivity index (χ4v) is 4.35. The van der Waals surface area contributed by atoms with Crippen molar-refractivity contribution in [2.24, 2.45) is 0 Å². The van der Waals surface area contributed by atoms with Crippen LogP contribution in [0.1, 0.15) is 55.3 Å². The van der Waals surface area contributed by atoms with Crippen LogP contribution in [0.5, 0.6) is 11.5 Å². The number of hydrogen-bond acceptors (Lipinski definition) is 5. The maximum atomic E-state index is 12.6. The average molecular weight is 425 g/mol. The number of halogens is 1. The number of amides is 1. The molecule has 1 heterocycles. The zero-order chi connectivity index (χ0) is 19.9. The molecule has 0 N–H and O–H groups in total. The summed E-state index contributed by atoms with van der Waals surface area (Å²) in [5.41, 5.74) is 0.550. The van der Waals surface area contributed by atoms with Crippen LogP contribution in [0.2, 0.25) is 0 Å². The highest BCUT2D eigenvalue weighted by molar-refractivity contribution is 5.98. The molecule has 3 rings (SSSR count). The topological polar surface area (TPSA) is 59.1 Å². The second kappa shape index (κ2) is 11.4. The van der Waals surface area contributed by atoms with Gasteiger partial charge < -0.3 is 14.4 Å². The predicted molar refractivity (Wildman–Crippen MR) is 115 cm³/mol. The number of methoxy groups -OCH3 is 2. The molecule has 0 aromatic heterocycles. The van der Waals surface area contributed by atoms with Gasteiger partial charge in [-0.3, -0.25) is 14.5 Å². The Labute approximate surface area is 179 Å². The van der Waals surface area contributed by atoms with E-state index in [9.17, 15) is 9.59 Å². The molecule has 1 saturated carbocycles. The highest BCUT2D eigenvalue weighted by Crippen LogP contribution is 2.28. The van der Waals surface area contributed by atoms with Gasteiger partial charge in [0.2, 0.25) is 5.91 Å². The van der Waals surface area contributed by atoms with E-state index in [-0.39, 0.29) is 36.9 Å². The summed E-state index contributed by atoms with van der Waals surface area (Å²) in [7, 11) is 3.11. The van der Waals surface area contributed by atoms with Crippen molar-refractivity contribution in [2.75, 3.05) is 40.4 Å². The zero-order valence-electron chi connectivity index (χ0n) is 17.5. The van der Waals surface area contributed by atoms with Crippen molar-refractivity contribution in [3.8, 4) is 11.5 Å². The molecular weight excluding hydrogens is 392 g/mol. The van der Waals surface area contributed by atoms with Gasteiger partial charge in [-0.05, 0) is 37.5 Å². The fraction of sp³-hybridized carbons (Fsp3) is 0.636. The normalized spacial score (nSPS) is 18.1. The second-order valence-corrected chi connectivity index (χ2v) is 7.70. The number of carbonyl (C=O) groups is 2.